The van der Waals surface area contributed by atoms with Gasteiger partial charge >= 0.3 is 5.97 Å². The van der Waals surface area contributed by atoms with E-state index in [1.165, 1.54) is 7.11 Å². The summed E-state index contributed by atoms with van der Waals surface area (Å²) in [6.07, 6.45) is 1.74. The van der Waals surface area contributed by atoms with Crippen molar-refractivity contribution in [1.29, 1.82) is 0 Å². The molecule has 0 amide bonds. The van der Waals surface area contributed by atoms with Gasteiger partial charge in [0.25, 0.3) is 0 Å². The summed E-state index contributed by atoms with van der Waals surface area (Å²) < 4.78 is 9.60. The fraction of sp³-hybridized carbons (Fsp3) is 0.500. The van der Waals surface area contributed by atoms with Crippen molar-refractivity contribution in [2.45, 2.75) is 13.5 Å². The number of methoxy groups -OCH3 is 2. The van der Waals surface area contributed by atoms with E-state index in [0.29, 0.717) is 19.0 Å². The zero-order valence-electron chi connectivity index (χ0n) is 10.4. The molecule has 1 rings (SSSR count). The molecule has 0 spiro atoms. The van der Waals surface area contributed by atoms with Crippen molar-refractivity contribution < 1.29 is 14.3 Å². The van der Waals surface area contributed by atoms with Crippen LogP contribution in [0.15, 0.2) is 18.3 Å². The highest BCUT2D eigenvalue weighted by Gasteiger charge is 2.11. The standard InChI is InChI=1S/C12H18N2O3/c1-9(12(15)17-3)6-13-7-10-4-5-11(16-2)14-8-10/h4-5,8-9,13H,6-7H2,1-3H3. The van der Waals surface area contributed by atoms with Crippen LogP contribution in [0.3, 0.4) is 0 Å². The maximum absolute atomic E-state index is 11.1. The van der Waals surface area contributed by atoms with Crippen molar-refractivity contribution in [3.63, 3.8) is 0 Å². The summed E-state index contributed by atoms with van der Waals surface area (Å²) >= 11 is 0. The molecule has 1 heterocycles. The monoisotopic (exact) mass is 238 g/mol. The Labute approximate surface area is 101 Å². The summed E-state index contributed by atoms with van der Waals surface area (Å²) in [7, 11) is 2.98. The molecule has 1 N–H and O–H groups in total. The Morgan fingerprint density at radius 1 is 1.47 bits per heavy atom. The van der Waals surface area contributed by atoms with Gasteiger partial charge in [0, 0.05) is 25.4 Å². The molecule has 0 bridgehead atoms. The molecule has 5 heteroatoms. The minimum absolute atomic E-state index is 0.147. The van der Waals surface area contributed by atoms with Crippen molar-refractivity contribution >= 4 is 5.97 Å². The van der Waals surface area contributed by atoms with Gasteiger partial charge in [-0.2, -0.15) is 0 Å². The lowest BCUT2D eigenvalue weighted by molar-refractivity contribution is -0.144. The number of ether oxygens (including phenoxy) is 2. The number of hydrogen-bond acceptors (Lipinski definition) is 5. The molecule has 5 nitrogen and oxygen atoms in total. The van der Waals surface area contributed by atoms with Crippen LogP contribution in [0.25, 0.3) is 0 Å². The minimum Gasteiger partial charge on any atom is -0.481 e. The third-order valence-electron chi connectivity index (χ3n) is 2.39. The first kappa shape index (κ1) is 13.4. The van der Waals surface area contributed by atoms with E-state index < -0.39 is 0 Å². The number of nitrogens with one attached hydrogen (secondary N) is 1. The normalized spacial score (nSPS) is 11.9. The molecular formula is C12H18N2O3. The molecular weight excluding hydrogens is 220 g/mol. The predicted octanol–water partition coefficient (Wildman–Crippen LogP) is 0.989. The largest absolute Gasteiger partial charge is 0.481 e. The number of esters is 1. The van der Waals surface area contributed by atoms with Crippen LogP contribution in [0, 0.1) is 5.92 Å². The highest BCUT2D eigenvalue weighted by atomic mass is 16.5. The second-order valence-corrected chi connectivity index (χ2v) is 3.76. The SMILES string of the molecule is COC(=O)C(C)CNCc1ccc(OC)nc1. The van der Waals surface area contributed by atoms with Crippen LogP contribution < -0.4 is 10.1 Å². The Morgan fingerprint density at radius 3 is 2.76 bits per heavy atom. The van der Waals surface area contributed by atoms with E-state index in [0.717, 1.165) is 5.56 Å². The van der Waals surface area contributed by atoms with Crippen LogP contribution >= 0.6 is 0 Å². The summed E-state index contributed by atoms with van der Waals surface area (Å²) in [5.41, 5.74) is 1.04. The number of aromatic nitrogens is 1. The van der Waals surface area contributed by atoms with Crippen molar-refractivity contribution in [3.8, 4) is 5.88 Å². The number of nitrogens with zero attached hydrogens (tertiary/aromatic N) is 1. The van der Waals surface area contributed by atoms with Crippen LogP contribution in [0.1, 0.15) is 12.5 Å². The quantitative estimate of drug-likeness (QED) is 0.749. The van der Waals surface area contributed by atoms with Crippen LogP contribution in [-0.4, -0.2) is 31.7 Å². The zero-order valence-corrected chi connectivity index (χ0v) is 10.4. The number of hydrogen-bond donors (Lipinski definition) is 1. The Bertz CT molecular complexity index is 351. The van der Waals surface area contributed by atoms with Crippen LogP contribution in [0.5, 0.6) is 5.88 Å². The lowest BCUT2D eigenvalue weighted by atomic mass is 10.2. The van der Waals surface area contributed by atoms with Crippen LogP contribution in [-0.2, 0) is 16.1 Å². The molecule has 1 aromatic heterocycles. The molecule has 0 saturated heterocycles. The lowest BCUT2D eigenvalue weighted by Crippen LogP contribution is -2.27. The van der Waals surface area contributed by atoms with Gasteiger partial charge in [-0.15, -0.1) is 0 Å². The predicted molar refractivity (Wildman–Crippen MR) is 63.7 cm³/mol. The van der Waals surface area contributed by atoms with E-state index >= 15 is 0 Å². The smallest absolute Gasteiger partial charge is 0.309 e. The summed E-state index contributed by atoms with van der Waals surface area (Å²) in [4.78, 5) is 15.2. The first-order chi connectivity index (χ1) is 8.17. The summed E-state index contributed by atoms with van der Waals surface area (Å²) in [6.45, 7) is 3.07. The molecule has 0 radical (unpaired) electrons. The molecule has 0 saturated carbocycles. The molecule has 1 atom stereocenters. The Morgan fingerprint density at radius 2 is 2.24 bits per heavy atom. The highest BCUT2D eigenvalue weighted by molar-refractivity contribution is 5.71. The molecule has 0 fully saturated rings. The molecule has 1 unspecified atom stereocenters. The first-order valence-corrected chi connectivity index (χ1v) is 5.44. The summed E-state index contributed by atoms with van der Waals surface area (Å²) in [5.74, 6) is 0.244. The molecule has 1 aromatic rings. The van der Waals surface area contributed by atoms with Gasteiger partial charge in [0.1, 0.15) is 0 Å². The second kappa shape index (κ2) is 6.85. The Balaban J connectivity index is 2.33. The van der Waals surface area contributed by atoms with Gasteiger partial charge in [0.2, 0.25) is 5.88 Å². The van der Waals surface area contributed by atoms with Gasteiger partial charge < -0.3 is 14.8 Å². The number of carbonyl (C=O) groups excluding carboxylic acids is 1. The average Bonchev–Trinajstić information content (AvgIpc) is 2.38. The van der Waals surface area contributed by atoms with Crippen LogP contribution in [0.2, 0.25) is 0 Å². The van der Waals surface area contributed by atoms with E-state index in [4.69, 9.17) is 4.74 Å². The molecule has 0 aliphatic rings. The molecule has 0 aliphatic carbocycles. The van der Waals surface area contributed by atoms with E-state index in [1.54, 1.807) is 19.4 Å². The van der Waals surface area contributed by atoms with Crippen molar-refractivity contribution in [1.82, 2.24) is 10.3 Å². The maximum atomic E-state index is 11.1. The number of rotatable bonds is 6. The van der Waals surface area contributed by atoms with Crippen molar-refractivity contribution in [2.75, 3.05) is 20.8 Å². The fourth-order valence-corrected chi connectivity index (χ4v) is 1.35. The van der Waals surface area contributed by atoms with E-state index in [1.807, 2.05) is 13.0 Å². The van der Waals surface area contributed by atoms with E-state index in [-0.39, 0.29) is 11.9 Å². The van der Waals surface area contributed by atoms with Gasteiger partial charge in [0.15, 0.2) is 0 Å². The van der Waals surface area contributed by atoms with Gasteiger partial charge in [-0.3, -0.25) is 4.79 Å². The molecule has 17 heavy (non-hydrogen) atoms. The third kappa shape index (κ3) is 4.40. The fourth-order valence-electron chi connectivity index (χ4n) is 1.35. The molecule has 94 valence electrons. The van der Waals surface area contributed by atoms with E-state index in [9.17, 15) is 4.79 Å². The minimum atomic E-state index is -0.203. The molecule has 0 aliphatic heterocycles. The van der Waals surface area contributed by atoms with E-state index in [2.05, 4.69) is 15.0 Å². The van der Waals surface area contributed by atoms with Crippen molar-refractivity contribution in [3.05, 3.63) is 23.9 Å². The Kier molecular flexibility index (Phi) is 5.42. The second-order valence-electron chi connectivity index (χ2n) is 3.76. The number of carbonyl (C=O) groups is 1. The Hall–Kier alpha value is -1.62. The first-order valence-electron chi connectivity index (χ1n) is 5.44. The third-order valence-corrected chi connectivity index (χ3v) is 2.39. The van der Waals surface area contributed by atoms with Crippen molar-refractivity contribution in [2.24, 2.45) is 5.92 Å². The molecule has 0 aromatic carbocycles. The zero-order chi connectivity index (χ0) is 12.7. The van der Waals surface area contributed by atoms with Crippen LogP contribution in [0.4, 0.5) is 0 Å². The number of pyridine rings is 1. The highest BCUT2D eigenvalue weighted by Crippen LogP contribution is 2.06. The van der Waals surface area contributed by atoms with Gasteiger partial charge in [0.05, 0.1) is 20.1 Å². The van der Waals surface area contributed by atoms with Gasteiger partial charge in [-0.1, -0.05) is 13.0 Å². The average molecular weight is 238 g/mol. The lowest BCUT2D eigenvalue weighted by Gasteiger charge is -2.10. The van der Waals surface area contributed by atoms with Gasteiger partial charge in [-0.05, 0) is 5.56 Å². The van der Waals surface area contributed by atoms with Gasteiger partial charge in [-0.25, -0.2) is 4.98 Å². The summed E-state index contributed by atoms with van der Waals surface area (Å²) in [5, 5.41) is 3.17. The maximum Gasteiger partial charge on any atom is 0.309 e. The topological polar surface area (TPSA) is 60.5 Å². The summed E-state index contributed by atoms with van der Waals surface area (Å²) in [6, 6.07) is 3.74.